The van der Waals surface area contributed by atoms with Crippen LogP contribution in [0.15, 0.2) is 4.90 Å². The minimum atomic E-state index is -3.77. The van der Waals surface area contributed by atoms with Crippen LogP contribution in [0.25, 0.3) is 0 Å². The molecule has 2 heterocycles. The summed E-state index contributed by atoms with van der Waals surface area (Å²) in [5.74, 6) is -0.672. The SMILES string of the molecule is O=C1NS(=O)(=O)c2c1sc(Cl)c2Cl. The van der Waals surface area contributed by atoms with E-state index in [-0.39, 0.29) is 19.1 Å². The molecule has 0 aliphatic carbocycles. The second kappa shape index (κ2) is 2.60. The molecule has 0 bridgehead atoms. The molecule has 1 aromatic heterocycles. The van der Waals surface area contributed by atoms with Crippen molar-refractivity contribution in [3.05, 3.63) is 14.2 Å². The maximum Gasteiger partial charge on any atom is 0.276 e. The Kier molecular flexibility index (Phi) is 1.85. The monoisotopic (exact) mass is 257 g/mol. The average Bonchev–Trinajstić information content (AvgIpc) is 2.37. The smallest absolute Gasteiger partial charge is 0.267 e. The number of carbonyl (C=O) groups is 1. The molecule has 1 amide bonds. The fraction of sp³-hybridized carbons (Fsp3) is 0. The molecular formula is C5HCl2NO3S2. The molecule has 0 aromatic carbocycles. The summed E-state index contributed by atoms with van der Waals surface area (Å²) < 4.78 is 24.4. The molecule has 0 saturated heterocycles. The molecule has 8 heteroatoms. The third-order valence-corrected chi connectivity index (χ3v) is 5.10. The van der Waals surface area contributed by atoms with Gasteiger partial charge in [0.25, 0.3) is 15.9 Å². The first-order valence-corrected chi connectivity index (χ1v) is 6.04. The summed E-state index contributed by atoms with van der Waals surface area (Å²) in [4.78, 5) is 10.9. The van der Waals surface area contributed by atoms with Gasteiger partial charge in [-0.3, -0.25) is 4.79 Å². The summed E-state index contributed by atoms with van der Waals surface area (Å²) in [6.07, 6.45) is 0. The minimum Gasteiger partial charge on any atom is -0.267 e. The highest BCUT2D eigenvalue weighted by Crippen LogP contribution is 2.42. The van der Waals surface area contributed by atoms with Crippen LogP contribution in [0.5, 0.6) is 0 Å². The molecule has 1 aliphatic rings. The van der Waals surface area contributed by atoms with E-state index in [0.29, 0.717) is 0 Å². The van der Waals surface area contributed by atoms with Gasteiger partial charge < -0.3 is 0 Å². The van der Waals surface area contributed by atoms with Gasteiger partial charge in [-0.15, -0.1) is 11.3 Å². The van der Waals surface area contributed by atoms with E-state index < -0.39 is 15.9 Å². The van der Waals surface area contributed by atoms with E-state index in [0.717, 1.165) is 11.3 Å². The van der Waals surface area contributed by atoms with Gasteiger partial charge in [-0.05, 0) is 0 Å². The highest BCUT2D eigenvalue weighted by Gasteiger charge is 2.38. The molecule has 13 heavy (non-hydrogen) atoms. The fourth-order valence-electron chi connectivity index (χ4n) is 0.979. The standard InChI is InChI=1S/C5HCl2NO3S2/c6-1-3-2(12-4(1)7)5(9)8-13(3,10)11/h(H,8,9). The summed E-state index contributed by atoms with van der Waals surface area (Å²) in [5.41, 5.74) is 0. The van der Waals surface area contributed by atoms with Crippen LogP contribution in [-0.2, 0) is 10.0 Å². The molecule has 70 valence electrons. The van der Waals surface area contributed by atoms with E-state index in [2.05, 4.69) is 0 Å². The highest BCUT2D eigenvalue weighted by atomic mass is 35.5. The summed E-state index contributed by atoms with van der Waals surface area (Å²) in [6, 6.07) is 0. The van der Waals surface area contributed by atoms with Crippen LogP contribution in [0.1, 0.15) is 9.67 Å². The van der Waals surface area contributed by atoms with Gasteiger partial charge in [0.1, 0.15) is 14.1 Å². The average molecular weight is 258 g/mol. The number of fused-ring (bicyclic) bond motifs is 1. The number of hydrogen-bond donors (Lipinski definition) is 1. The fourth-order valence-corrected chi connectivity index (χ4v) is 4.35. The number of halogens is 2. The van der Waals surface area contributed by atoms with Crippen molar-refractivity contribution in [2.45, 2.75) is 4.90 Å². The largest absolute Gasteiger partial charge is 0.276 e. The Labute approximate surface area is 87.5 Å². The van der Waals surface area contributed by atoms with Crippen LogP contribution >= 0.6 is 34.5 Å². The van der Waals surface area contributed by atoms with E-state index >= 15 is 0 Å². The molecule has 1 aliphatic heterocycles. The van der Waals surface area contributed by atoms with Crippen LogP contribution in [0.3, 0.4) is 0 Å². The van der Waals surface area contributed by atoms with Crippen LogP contribution in [0.4, 0.5) is 0 Å². The molecule has 0 saturated carbocycles. The van der Waals surface area contributed by atoms with Crippen molar-refractivity contribution in [3.63, 3.8) is 0 Å². The van der Waals surface area contributed by atoms with Crippen LogP contribution in [-0.4, -0.2) is 14.3 Å². The van der Waals surface area contributed by atoms with E-state index in [9.17, 15) is 13.2 Å². The van der Waals surface area contributed by atoms with Crippen molar-refractivity contribution in [2.75, 3.05) is 0 Å². The Bertz CT molecular complexity index is 504. The number of hydrogen-bond acceptors (Lipinski definition) is 4. The number of nitrogens with one attached hydrogen (secondary N) is 1. The van der Waals surface area contributed by atoms with E-state index in [1.807, 2.05) is 4.72 Å². The Morgan fingerprint density at radius 2 is 1.92 bits per heavy atom. The first-order chi connectivity index (χ1) is 5.93. The Hall–Kier alpha value is -0.300. The molecule has 0 spiro atoms. The maximum absolute atomic E-state index is 11.2. The lowest BCUT2D eigenvalue weighted by molar-refractivity contribution is 0.0989. The van der Waals surface area contributed by atoms with E-state index in [4.69, 9.17) is 23.2 Å². The lowest BCUT2D eigenvalue weighted by Crippen LogP contribution is -2.21. The van der Waals surface area contributed by atoms with Crippen molar-refractivity contribution in [1.82, 2.24) is 4.72 Å². The number of rotatable bonds is 0. The highest BCUT2D eigenvalue weighted by molar-refractivity contribution is 7.91. The lowest BCUT2D eigenvalue weighted by atomic mass is 10.4. The molecule has 0 atom stereocenters. The number of sulfonamides is 1. The van der Waals surface area contributed by atoms with Crippen molar-refractivity contribution in [3.8, 4) is 0 Å². The summed E-state index contributed by atoms with van der Waals surface area (Å²) in [7, 11) is -3.77. The molecule has 1 N–H and O–H groups in total. The number of carbonyl (C=O) groups excluding carboxylic acids is 1. The summed E-state index contributed by atoms with van der Waals surface area (Å²) in [5, 5.41) is -0.0833. The van der Waals surface area contributed by atoms with Crippen LogP contribution < -0.4 is 4.72 Å². The van der Waals surface area contributed by atoms with Gasteiger partial charge in [-0.1, -0.05) is 23.2 Å². The number of amides is 1. The zero-order chi connectivity index (χ0) is 9.80. The topological polar surface area (TPSA) is 63.2 Å². The van der Waals surface area contributed by atoms with Crippen molar-refractivity contribution >= 4 is 50.5 Å². The minimum absolute atomic E-state index is 0.0509. The second-order valence-corrected chi connectivity index (χ2v) is 5.90. The Balaban J connectivity index is 2.88. The van der Waals surface area contributed by atoms with Gasteiger partial charge in [0.2, 0.25) is 0 Å². The van der Waals surface area contributed by atoms with Crippen LogP contribution in [0, 0.1) is 0 Å². The number of thiophene rings is 1. The first kappa shape index (κ1) is 9.26. The third-order valence-electron chi connectivity index (χ3n) is 1.47. The van der Waals surface area contributed by atoms with Gasteiger partial charge in [0.05, 0.1) is 5.02 Å². The Morgan fingerprint density at radius 1 is 1.31 bits per heavy atom. The molecule has 1 aromatic rings. The Morgan fingerprint density at radius 3 is 2.46 bits per heavy atom. The zero-order valence-corrected chi connectivity index (χ0v) is 8.94. The summed E-state index contributed by atoms with van der Waals surface area (Å²) >= 11 is 12.0. The van der Waals surface area contributed by atoms with Gasteiger partial charge in [-0.25, -0.2) is 13.1 Å². The molecule has 4 nitrogen and oxygen atoms in total. The van der Waals surface area contributed by atoms with Gasteiger partial charge in [0, 0.05) is 0 Å². The van der Waals surface area contributed by atoms with E-state index in [1.54, 1.807) is 0 Å². The van der Waals surface area contributed by atoms with Gasteiger partial charge in [0.15, 0.2) is 0 Å². The zero-order valence-electron chi connectivity index (χ0n) is 5.80. The van der Waals surface area contributed by atoms with E-state index in [1.165, 1.54) is 0 Å². The normalized spacial score (nSPS) is 18.5. The predicted octanol–water partition coefficient (Wildman–Crippen LogP) is 1.49. The first-order valence-electron chi connectivity index (χ1n) is 2.98. The van der Waals surface area contributed by atoms with Gasteiger partial charge in [-0.2, -0.15) is 0 Å². The third kappa shape index (κ3) is 1.17. The molecular weight excluding hydrogens is 257 g/mol. The second-order valence-electron chi connectivity index (χ2n) is 2.28. The van der Waals surface area contributed by atoms with Crippen molar-refractivity contribution < 1.29 is 13.2 Å². The maximum atomic E-state index is 11.2. The quantitative estimate of drug-likeness (QED) is 0.766. The van der Waals surface area contributed by atoms with Crippen molar-refractivity contribution in [2.24, 2.45) is 0 Å². The lowest BCUT2D eigenvalue weighted by Gasteiger charge is -1.93. The predicted molar refractivity (Wildman–Crippen MR) is 49.0 cm³/mol. The van der Waals surface area contributed by atoms with Crippen LogP contribution in [0.2, 0.25) is 9.36 Å². The molecule has 2 rings (SSSR count). The van der Waals surface area contributed by atoms with Gasteiger partial charge >= 0.3 is 0 Å². The van der Waals surface area contributed by atoms with Crippen molar-refractivity contribution in [1.29, 1.82) is 0 Å². The molecule has 0 unspecified atom stereocenters. The molecule has 0 fully saturated rings. The molecule has 0 radical (unpaired) electrons. The summed E-state index contributed by atoms with van der Waals surface area (Å²) in [6.45, 7) is 0.